The summed E-state index contributed by atoms with van der Waals surface area (Å²) in [4.78, 5) is 1.08. The van der Waals surface area contributed by atoms with E-state index in [1.807, 2.05) is 0 Å². The van der Waals surface area contributed by atoms with Gasteiger partial charge in [-0.2, -0.15) is 0 Å². The summed E-state index contributed by atoms with van der Waals surface area (Å²) in [5.41, 5.74) is 5.37. The second-order valence-corrected chi connectivity index (χ2v) is 7.55. The third-order valence-corrected chi connectivity index (χ3v) is 5.24. The number of sulfonamides is 1. The highest BCUT2D eigenvalue weighted by Gasteiger charge is 2.20. The predicted octanol–water partition coefficient (Wildman–Crippen LogP) is 1.44. The lowest BCUT2D eigenvalue weighted by Gasteiger charge is -2.11. The van der Waals surface area contributed by atoms with Crippen LogP contribution in [0.1, 0.15) is 11.8 Å². The van der Waals surface area contributed by atoms with Crippen LogP contribution in [0.2, 0.25) is 0 Å². The minimum atomic E-state index is -3.43. The average molecular weight is 313 g/mol. The number of halogens is 1. The van der Waals surface area contributed by atoms with Gasteiger partial charge in [0.25, 0.3) is 0 Å². The zero-order valence-corrected chi connectivity index (χ0v) is 11.7. The molecule has 0 saturated carbocycles. The Morgan fingerprint density at radius 1 is 1.67 bits per heavy atom. The van der Waals surface area contributed by atoms with Crippen molar-refractivity contribution in [3.8, 4) is 0 Å². The van der Waals surface area contributed by atoms with E-state index in [0.717, 1.165) is 8.66 Å². The predicted molar refractivity (Wildman–Crippen MR) is 65.6 cm³/mol. The molecule has 0 aliphatic carbocycles. The van der Waals surface area contributed by atoms with Crippen LogP contribution in [0.5, 0.6) is 0 Å². The average Bonchev–Trinajstić information content (AvgIpc) is 2.45. The van der Waals surface area contributed by atoms with Gasteiger partial charge in [0, 0.05) is 17.5 Å². The molecular weight excluding hydrogens is 300 g/mol. The molecule has 0 aliphatic rings. The number of aryl methyl sites for hydroxylation is 1. The second kappa shape index (κ2) is 4.92. The van der Waals surface area contributed by atoms with E-state index < -0.39 is 10.0 Å². The number of nitrogens with two attached hydrogens (primary N) is 1. The van der Waals surface area contributed by atoms with Crippen molar-refractivity contribution in [2.45, 2.75) is 24.8 Å². The molecule has 15 heavy (non-hydrogen) atoms. The Hall–Kier alpha value is 0.0500. The maximum absolute atomic E-state index is 11.9. The van der Waals surface area contributed by atoms with E-state index in [0.29, 0.717) is 4.90 Å². The quantitative estimate of drug-likeness (QED) is 0.883. The van der Waals surface area contributed by atoms with E-state index in [-0.39, 0.29) is 12.6 Å². The SMILES string of the molecule is Cc1sc(Br)cc1S(=O)(=O)N[C@@H](C)CN. The van der Waals surface area contributed by atoms with Gasteiger partial charge in [-0.25, -0.2) is 13.1 Å². The van der Waals surface area contributed by atoms with E-state index in [9.17, 15) is 8.42 Å². The maximum Gasteiger partial charge on any atom is 0.241 e. The zero-order chi connectivity index (χ0) is 11.6. The fourth-order valence-corrected chi connectivity index (χ4v) is 4.74. The number of hydrogen-bond acceptors (Lipinski definition) is 4. The van der Waals surface area contributed by atoms with Crippen molar-refractivity contribution in [2.75, 3.05) is 6.54 Å². The molecule has 0 amide bonds. The van der Waals surface area contributed by atoms with Crippen molar-refractivity contribution in [2.24, 2.45) is 5.73 Å². The largest absolute Gasteiger partial charge is 0.329 e. The molecule has 0 radical (unpaired) electrons. The number of nitrogens with one attached hydrogen (secondary N) is 1. The van der Waals surface area contributed by atoms with Crippen LogP contribution >= 0.6 is 27.3 Å². The van der Waals surface area contributed by atoms with E-state index in [1.165, 1.54) is 11.3 Å². The minimum Gasteiger partial charge on any atom is -0.329 e. The van der Waals surface area contributed by atoms with Gasteiger partial charge in [-0.1, -0.05) is 0 Å². The summed E-state index contributed by atoms with van der Waals surface area (Å²) in [6.07, 6.45) is 0. The molecule has 1 atom stereocenters. The van der Waals surface area contributed by atoms with Gasteiger partial charge in [0.1, 0.15) is 0 Å². The summed E-state index contributed by atoms with van der Waals surface area (Å²) in [5, 5.41) is 0. The summed E-state index contributed by atoms with van der Waals surface area (Å²) in [6.45, 7) is 3.79. The lowest BCUT2D eigenvalue weighted by Crippen LogP contribution is -2.37. The van der Waals surface area contributed by atoms with Gasteiger partial charge < -0.3 is 5.73 Å². The van der Waals surface area contributed by atoms with Crippen molar-refractivity contribution in [1.29, 1.82) is 0 Å². The molecule has 0 saturated heterocycles. The number of rotatable bonds is 4. The zero-order valence-electron chi connectivity index (χ0n) is 8.45. The van der Waals surface area contributed by atoms with Gasteiger partial charge in [0.15, 0.2) is 0 Å². The van der Waals surface area contributed by atoms with Crippen LogP contribution < -0.4 is 10.5 Å². The smallest absolute Gasteiger partial charge is 0.241 e. The van der Waals surface area contributed by atoms with Gasteiger partial charge in [0.05, 0.1) is 8.68 Å². The molecule has 3 N–H and O–H groups in total. The molecule has 0 fully saturated rings. The van der Waals surface area contributed by atoms with Crippen LogP contribution in [-0.4, -0.2) is 21.0 Å². The molecule has 1 aromatic heterocycles. The van der Waals surface area contributed by atoms with Crippen LogP contribution in [0.15, 0.2) is 14.7 Å². The molecule has 0 bridgehead atoms. The Labute approximate surface area is 102 Å². The van der Waals surface area contributed by atoms with Gasteiger partial charge in [-0.05, 0) is 35.8 Å². The minimum absolute atomic E-state index is 0.256. The summed E-state index contributed by atoms with van der Waals surface area (Å²) in [7, 11) is -3.43. The van der Waals surface area contributed by atoms with E-state index in [4.69, 9.17) is 5.73 Å². The summed E-state index contributed by atoms with van der Waals surface area (Å²) < 4.78 is 27.0. The first-order valence-electron chi connectivity index (χ1n) is 4.35. The van der Waals surface area contributed by atoms with Crippen molar-refractivity contribution < 1.29 is 8.42 Å². The molecule has 0 aliphatic heterocycles. The van der Waals surface area contributed by atoms with Crippen LogP contribution in [0.3, 0.4) is 0 Å². The fraction of sp³-hybridized carbons (Fsp3) is 0.500. The molecular formula is C8H13BrN2O2S2. The monoisotopic (exact) mass is 312 g/mol. The lowest BCUT2D eigenvalue weighted by atomic mass is 10.4. The van der Waals surface area contributed by atoms with Crippen LogP contribution in [0.4, 0.5) is 0 Å². The number of thiophene rings is 1. The fourth-order valence-electron chi connectivity index (χ4n) is 1.07. The topological polar surface area (TPSA) is 72.2 Å². The van der Waals surface area contributed by atoms with Crippen LogP contribution in [-0.2, 0) is 10.0 Å². The van der Waals surface area contributed by atoms with Gasteiger partial charge >= 0.3 is 0 Å². The Balaban J connectivity index is 3.01. The molecule has 0 aromatic carbocycles. The Morgan fingerprint density at radius 3 is 2.67 bits per heavy atom. The Kier molecular flexibility index (Phi) is 4.30. The highest BCUT2D eigenvalue weighted by Crippen LogP contribution is 2.29. The third-order valence-electron chi connectivity index (χ3n) is 1.84. The second-order valence-electron chi connectivity index (χ2n) is 3.23. The highest BCUT2D eigenvalue weighted by atomic mass is 79.9. The Morgan fingerprint density at radius 2 is 2.27 bits per heavy atom. The maximum atomic E-state index is 11.9. The standard InChI is InChI=1S/C8H13BrN2O2S2/c1-5(4-10)11-15(12,13)7-3-8(9)14-6(7)2/h3,5,11H,4,10H2,1-2H3/t5-/m0/s1. The molecule has 4 nitrogen and oxygen atoms in total. The first-order valence-corrected chi connectivity index (χ1v) is 7.44. The summed E-state index contributed by atoms with van der Waals surface area (Å²) >= 11 is 4.66. The van der Waals surface area contributed by atoms with E-state index >= 15 is 0 Å². The van der Waals surface area contributed by atoms with Crippen molar-refractivity contribution in [3.05, 3.63) is 14.7 Å². The van der Waals surface area contributed by atoms with Gasteiger partial charge in [0.2, 0.25) is 10.0 Å². The molecule has 7 heteroatoms. The van der Waals surface area contributed by atoms with Crippen LogP contribution in [0.25, 0.3) is 0 Å². The summed E-state index contributed by atoms with van der Waals surface area (Å²) in [5.74, 6) is 0. The normalized spacial score (nSPS) is 14.1. The van der Waals surface area contributed by atoms with E-state index in [1.54, 1.807) is 19.9 Å². The highest BCUT2D eigenvalue weighted by molar-refractivity contribution is 9.11. The van der Waals surface area contributed by atoms with Crippen LogP contribution in [0, 0.1) is 6.92 Å². The van der Waals surface area contributed by atoms with Crippen molar-refractivity contribution in [3.63, 3.8) is 0 Å². The van der Waals surface area contributed by atoms with Crippen molar-refractivity contribution in [1.82, 2.24) is 4.72 Å². The molecule has 86 valence electrons. The molecule has 0 spiro atoms. The summed E-state index contributed by atoms with van der Waals surface area (Å²) in [6, 6.07) is 1.35. The number of hydrogen-bond donors (Lipinski definition) is 2. The molecule has 1 aromatic rings. The lowest BCUT2D eigenvalue weighted by molar-refractivity contribution is 0.562. The van der Waals surface area contributed by atoms with E-state index in [2.05, 4.69) is 20.7 Å². The molecule has 1 heterocycles. The first-order chi connectivity index (χ1) is 6.86. The molecule has 1 rings (SSSR count). The van der Waals surface area contributed by atoms with Gasteiger partial charge in [-0.3, -0.25) is 0 Å². The first kappa shape index (κ1) is 13.1. The van der Waals surface area contributed by atoms with Crippen molar-refractivity contribution >= 4 is 37.3 Å². The molecule has 0 unspecified atom stereocenters. The third kappa shape index (κ3) is 3.25. The van der Waals surface area contributed by atoms with Gasteiger partial charge in [-0.15, -0.1) is 11.3 Å². The Bertz CT molecular complexity index is 441.